The zero-order valence-corrected chi connectivity index (χ0v) is 25.4. The molecule has 0 saturated carbocycles. The van der Waals surface area contributed by atoms with Gasteiger partial charge in [-0.25, -0.2) is 19.2 Å². The number of amides is 1. The first-order valence-electron chi connectivity index (χ1n) is 13.4. The molecular weight excluding hydrogens is 565 g/mol. The number of ether oxygens (including phenoxy) is 1. The van der Waals surface area contributed by atoms with Crippen LogP contribution in [0.4, 0.5) is 15.1 Å². The second-order valence-corrected chi connectivity index (χ2v) is 10.8. The van der Waals surface area contributed by atoms with E-state index in [4.69, 9.17) is 10.5 Å². The smallest absolute Gasteiger partial charge is 0.410 e. The predicted molar refractivity (Wildman–Crippen MR) is 157 cm³/mol. The van der Waals surface area contributed by atoms with Crippen LogP contribution in [0.5, 0.6) is 0 Å². The summed E-state index contributed by atoms with van der Waals surface area (Å²) in [6.07, 6.45) is 9.73. The fraction of sp³-hybridized carbons (Fsp3) is 0.500. The van der Waals surface area contributed by atoms with Crippen molar-refractivity contribution in [3.05, 3.63) is 51.8 Å². The van der Waals surface area contributed by atoms with Crippen molar-refractivity contribution < 1.29 is 13.9 Å². The molecule has 0 bridgehead atoms. The second-order valence-electron chi connectivity index (χ2n) is 9.95. The minimum atomic E-state index is -0.534. The molecule has 1 aliphatic carbocycles. The number of nitrogens with two attached hydrogens (primary N) is 1. The summed E-state index contributed by atoms with van der Waals surface area (Å²) in [4.78, 5) is 25.0. The highest BCUT2D eigenvalue weighted by atomic mass is 79.9. The summed E-state index contributed by atoms with van der Waals surface area (Å²) < 4.78 is 22.7. The van der Waals surface area contributed by atoms with Crippen molar-refractivity contribution in [2.75, 3.05) is 18.8 Å². The van der Waals surface area contributed by atoms with Gasteiger partial charge in [-0.15, -0.1) is 0 Å². The molecule has 1 saturated heterocycles. The van der Waals surface area contributed by atoms with Crippen LogP contribution >= 0.6 is 15.9 Å². The number of allylic oxidation sites excluding steroid dienone is 5. The zero-order valence-electron chi connectivity index (χ0n) is 23.8. The van der Waals surface area contributed by atoms with Gasteiger partial charge in [0.1, 0.15) is 22.5 Å². The van der Waals surface area contributed by atoms with Crippen LogP contribution in [0.3, 0.4) is 0 Å². The van der Waals surface area contributed by atoms with Gasteiger partial charge in [-0.3, -0.25) is 4.68 Å². The van der Waals surface area contributed by atoms with Gasteiger partial charge < -0.3 is 20.3 Å². The summed E-state index contributed by atoms with van der Waals surface area (Å²) >= 11 is 3.31. The minimum Gasteiger partial charge on any atom is -0.443 e. The first-order valence-corrected chi connectivity index (χ1v) is 14.2. The second kappa shape index (κ2) is 12.8. The molecule has 212 valence electrons. The lowest BCUT2D eigenvalue weighted by molar-refractivity contribution is -0.0138. The molecule has 3 heterocycles. The molecule has 1 amide bonds. The van der Waals surface area contributed by atoms with Crippen molar-refractivity contribution >= 4 is 45.1 Å². The molecule has 11 heteroatoms. The van der Waals surface area contributed by atoms with Crippen LogP contribution in [0.1, 0.15) is 67.0 Å². The molecule has 1 aliphatic heterocycles. The van der Waals surface area contributed by atoms with Crippen LogP contribution < -0.4 is 5.73 Å². The number of aromatic nitrogens is 4. The van der Waals surface area contributed by atoms with Crippen molar-refractivity contribution in [2.24, 2.45) is 0 Å². The number of rotatable bonds is 7. The molecule has 39 heavy (non-hydrogen) atoms. The lowest BCUT2D eigenvalue weighted by atomic mass is 10.0. The van der Waals surface area contributed by atoms with Crippen LogP contribution in [0.2, 0.25) is 0 Å². The highest BCUT2D eigenvalue weighted by Crippen LogP contribution is 2.32. The number of halogens is 2. The first kappa shape index (κ1) is 30.3. The third-order valence-electron chi connectivity index (χ3n) is 6.59. The lowest BCUT2D eigenvalue weighted by Crippen LogP contribution is -2.60. The van der Waals surface area contributed by atoms with Crippen LogP contribution in [0.15, 0.2) is 46.1 Å². The van der Waals surface area contributed by atoms with E-state index in [0.717, 1.165) is 11.3 Å². The predicted octanol–water partition coefficient (Wildman–Crippen LogP) is 6.55. The van der Waals surface area contributed by atoms with Gasteiger partial charge in [0, 0.05) is 38.0 Å². The van der Waals surface area contributed by atoms with Crippen LogP contribution in [-0.4, -0.2) is 60.4 Å². The Labute approximate surface area is 238 Å². The third-order valence-corrected chi connectivity index (χ3v) is 7.19. The Morgan fingerprint density at radius 2 is 1.97 bits per heavy atom. The van der Waals surface area contributed by atoms with Gasteiger partial charge >= 0.3 is 6.09 Å². The quantitative estimate of drug-likeness (QED) is 0.383. The maximum Gasteiger partial charge on any atom is 0.410 e. The molecule has 9 nitrogen and oxygen atoms in total. The highest BCUT2D eigenvalue weighted by Gasteiger charge is 2.38. The summed E-state index contributed by atoms with van der Waals surface area (Å²) in [5, 5.41) is 4.57. The molecule has 2 aliphatic rings. The lowest BCUT2D eigenvalue weighted by Gasteiger charge is -2.46. The average Bonchev–Trinajstić information content (AvgIpc) is 3.23. The summed E-state index contributed by atoms with van der Waals surface area (Å²) in [6.45, 7) is 15.3. The molecule has 0 aromatic carbocycles. The van der Waals surface area contributed by atoms with Gasteiger partial charge in [-0.2, -0.15) is 5.10 Å². The number of hydrogen-bond acceptors (Lipinski definition) is 7. The summed E-state index contributed by atoms with van der Waals surface area (Å²) in [5.74, 6) is -0.211. The van der Waals surface area contributed by atoms with Gasteiger partial charge in [0.15, 0.2) is 0 Å². The number of nitrogens with zero attached hydrogens (tertiary/aromatic N) is 6. The molecule has 2 N–H and O–H groups in total. The molecule has 0 unspecified atom stereocenters. The number of likely N-dealkylation sites (tertiary alicyclic amines) is 1. The van der Waals surface area contributed by atoms with E-state index >= 15 is 0 Å². The molecular formula is C28H39BrFN7O2. The van der Waals surface area contributed by atoms with Crippen molar-refractivity contribution in [3.8, 4) is 0 Å². The number of carbonyl (C=O) groups excluding carboxylic acids is 1. The third kappa shape index (κ3) is 7.26. The van der Waals surface area contributed by atoms with Crippen molar-refractivity contribution in [3.63, 3.8) is 0 Å². The van der Waals surface area contributed by atoms with Crippen LogP contribution in [0, 0.1) is 0 Å². The van der Waals surface area contributed by atoms with Gasteiger partial charge in [-0.1, -0.05) is 26.3 Å². The van der Waals surface area contributed by atoms with E-state index in [1.807, 2.05) is 71.8 Å². The number of aryl methyl sites for hydroxylation is 1. The van der Waals surface area contributed by atoms with E-state index in [1.165, 1.54) is 6.08 Å². The molecule has 1 fully saturated rings. The van der Waals surface area contributed by atoms with Gasteiger partial charge in [-0.05, 0) is 68.3 Å². The maximum absolute atomic E-state index is 14.8. The van der Waals surface area contributed by atoms with E-state index in [-0.39, 0.29) is 23.9 Å². The standard InChI is InChI=1S/C26H33BrFN7O2.C2H6/c1-6-26(4,5)37-25(36)33-13-18(14-33)35(17-10-16(3)11-19(27)20(28)12-17)9-8-21-23-22(31-24(29)30-21)15-34(7-2)32-23;1-2/h8-9,11-12,15,18H,6-7,10,13-14H2,1-5H3,(H2,29,31);1-2H3/b9-8+;. The Morgan fingerprint density at radius 3 is 2.62 bits per heavy atom. The zero-order chi connectivity index (χ0) is 28.9. The molecule has 2 aromatic heterocycles. The molecule has 0 radical (unpaired) electrons. The Kier molecular flexibility index (Phi) is 9.93. The molecule has 0 atom stereocenters. The number of hydrogen-bond donors (Lipinski definition) is 1. The van der Waals surface area contributed by atoms with E-state index in [0.29, 0.717) is 53.7 Å². The fourth-order valence-corrected chi connectivity index (χ4v) is 4.59. The van der Waals surface area contributed by atoms with E-state index in [2.05, 4.69) is 31.0 Å². The summed E-state index contributed by atoms with van der Waals surface area (Å²) in [5.41, 5.74) is 9.05. The number of anilines is 1. The fourth-order valence-electron chi connectivity index (χ4n) is 4.09. The van der Waals surface area contributed by atoms with Crippen molar-refractivity contribution in [1.82, 2.24) is 29.5 Å². The topological polar surface area (TPSA) is 102 Å². The Morgan fingerprint density at radius 1 is 1.28 bits per heavy atom. The van der Waals surface area contributed by atoms with E-state index in [9.17, 15) is 9.18 Å². The molecule has 0 spiro atoms. The van der Waals surface area contributed by atoms with Crippen LogP contribution in [0.25, 0.3) is 17.1 Å². The van der Waals surface area contributed by atoms with Gasteiger partial charge in [0.25, 0.3) is 0 Å². The largest absolute Gasteiger partial charge is 0.443 e. The minimum absolute atomic E-state index is 0.0693. The van der Waals surface area contributed by atoms with Crippen molar-refractivity contribution in [1.29, 1.82) is 0 Å². The van der Waals surface area contributed by atoms with E-state index < -0.39 is 5.60 Å². The Balaban J connectivity index is 0.00000205. The molecule has 4 rings (SSSR count). The van der Waals surface area contributed by atoms with Crippen molar-refractivity contribution in [2.45, 2.75) is 79.5 Å². The number of fused-ring (bicyclic) bond motifs is 1. The first-order chi connectivity index (χ1) is 18.5. The molecule has 2 aromatic rings. The normalized spacial score (nSPS) is 16.4. The highest BCUT2D eigenvalue weighted by molar-refractivity contribution is 9.11. The average molecular weight is 605 g/mol. The van der Waals surface area contributed by atoms with Gasteiger partial charge in [0.05, 0.1) is 22.4 Å². The van der Waals surface area contributed by atoms with Crippen LogP contribution in [-0.2, 0) is 11.3 Å². The number of nitrogen functional groups attached to an aromatic ring is 1. The summed E-state index contributed by atoms with van der Waals surface area (Å²) in [7, 11) is 0. The summed E-state index contributed by atoms with van der Waals surface area (Å²) in [6, 6.07) is -0.0693. The van der Waals surface area contributed by atoms with Gasteiger partial charge in [0.2, 0.25) is 5.95 Å². The van der Waals surface area contributed by atoms with E-state index in [1.54, 1.807) is 15.7 Å². The number of carbonyl (C=O) groups is 1. The Hall–Kier alpha value is -3.21. The maximum atomic E-state index is 14.8. The Bertz CT molecular complexity index is 1320. The monoisotopic (exact) mass is 603 g/mol. The SMILES string of the molecule is CC.CCn1cc2nc(N)nc(/C=C/N(C3=CC(F)=C(Br)C=C(C)C3)C3CN(C(=O)OC(C)(C)CC)C3)c2n1.